The van der Waals surface area contributed by atoms with Crippen molar-refractivity contribution in [2.75, 3.05) is 29.2 Å². The normalized spacial score (nSPS) is 12.2. The maximum atomic E-state index is 4.32. The van der Waals surface area contributed by atoms with Crippen molar-refractivity contribution in [3.63, 3.8) is 0 Å². The van der Waals surface area contributed by atoms with Gasteiger partial charge >= 0.3 is 0 Å². The Labute approximate surface area is 102 Å². The molecule has 0 aliphatic rings. The Morgan fingerprint density at radius 3 is 3.00 bits per heavy atom. The van der Waals surface area contributed by atoms with Crippen molar-refractivity contribution in [3.8, 4) is 0 Å². The fourth-order valence-corrected chi connectivity index (χ4v) is 2.10. The predicted octanol–water partition coefficient (Wildman–Crippen LogP) is 2.46. The standard InChI is InChI=1S/C11H20N4S/c1-4-16-8-6-9(2)14-10-5-7-13-11(12-3)15-10/h5,7,9H,4,6,8H2,1-3H3,(H2,12,13,14,15). The van der Waals surface area contributed by atoms with Gasteiger partial charge in [0.2, 0.25) is 5.95 Å². The minimum absolute atomic E-state index is 0.443. The minimum Gasteiger partial charge on any atom is -0.367 e. The van der Waals surface area contributed by atoms with Gasteiger partial charge in [-0.2, -0.15) is 16.7 Å². The summed E-state index contributed by atoms with van der Waals surface area (Å²) in [4.78, 5) is 8.39. The molecule has 0 spiro atoms. The molecule has 90 valence electrons. The monoisotopic (exact) mass is 240 g/mol. The number of nitrogens with zero attached hydrogens (tertiary/aromatic N) is 2. The molecule has 0 amide bonds. The lowest BCUT2D eigenvalue weighted by Gasteiger charge is -2.14. The molecule has 0 saturated carbocycles. The predicted molar refractivity (Wildman–Crippen MR) is 72.3 cm³/mol. The van der Waals surface area contributed by atoms with Crippen molar-refractivity contribution in [1.82, 2.24) is 9.97 Å². The molecule has 1 atom stereocenters. The molecule has 5 heteroatoms. The van der Waals surface area contributed by atoms with Gasteiger partial charge in [0.05, 0.1) is 0 Å². The van der Waals surface area contributed by atoms with Crippen LogP contribution in [0.4, 0.5) is 11.8 Å². The second-order valence-corrected chi connectivity index (χ2v) is 4.94. The van der Waals surface area contributed by atoms with E-state index in [2.05, 4.69) is 34.4 Å². The lowest BCUT2D eigenvalue weighted by atomic mass is 10.2. The van der Waals surface area contributed by atoms with Crippen molar-refractivity contribution in [1.29, 1.82) is 0 Å². The van der Waals surface area contributed by atoms with E-state index in [1.54, 1.807) is 6.20 Å². The van der Waals surface area contributed by atoms with Crippen LogP contribution in [-0.4, -0.2) is 34.6 Å². The van der Waals surface area contributed by atoms with Gasteiger partial charge in [-0.25, -0.2) is 4.98 Å². The summed E-state index contributed by atoms with van der Waals surface area (Å²) >= 11 is 1.97. The van der Waals surface area contributed by atoms with E-state index in [9.17, 15) is 0 Å². The Bertz CT molecular complexity index is 306. The number of anilines is 2. The van der Waals surface area contributed by atoms with Gasteiger partial charge in [0.25, 0.3) is 0 Å². The summed E-state index contributed by atoms with van der Waals surface area (Å²) in [5.41, 5.74) is 0. The zero-order valence-electron chi connectivity index (χ0n) is 10.2. The highest BCUT2D eigenvalue weighted by Gasteiger charge is 2.03. The summed E-state index contributed by atoms with van der Waals surface area (Å²) in [6.45, 7) is 4.36. The average Bonchev–Trinajstić information content (AvgIpc) is 2.29. The molecule has 1 heterocycles. The van der Waals surface area contributed by atoms with Gasteiger partial charge in [-0.1, -0.05) is 6.92 Å². The summed E-state index contributed by atoms with van der Waals surface area (Å²) in [5, 5.41) is 6.30. The van der Waals surface area contributed by atoms with Crippen LogP contribution in [0.3, 0.4) is 0 Å². The Balaban J connectivity index is 2.39. The molecular weight excluding hydrogens is 220 g/mol. The van der Waals surface area contributed by atoms with Gasteiger partial charge in [-0.15, -0.1) is 0 Å². The fraction of sp³-hybridized carbons (Fsp3) is 0.636. The highest BCUT2D eigenvalue weighted by molar-refractivity contribution is 7.99. The van der Waals surface area contributed by atoms with Gasteiger partial charge in [-0.05, 0) is 30.9 Å². The molecule has 0 aromatic carbocycles. The molecule has 1 rings (SSSR count). The first-order valence-electron chi connectivity index (χ1n) is 5.61. The maximum Gasteiger partial charge on any atom is 0.224 e. The maximum absolute atomic E-state index is 4.32. The number of nitrogens with one attached hydrogen (secondary N) is 2. The summed E-state index contributed by atoms with van der Waals surface area (Å²) < 4.78 is 0. The number of hydrogen-bond acceptors (Lipinski definition) is 5. The smallest absolute Gasteiger partial charge is 0.224 e. The van der Waals surface area contributed by atoms with Crippen LogP contribution in [0.5, 0.6) is 0 Å². The van der Waals surface area contributed by atoms with Crippen LogP contribution >= 0.6 is 11.8 Å². The topological polar surface area (TPSA) is 49.8 Å². The third-order valence-corrected chi connectivity index (χ3v) is 3.11. The molecule has 0 radical (unpaired) electrons. The van der Waals surface area contributed by atoms with Crippen LogP contribution in [0.1, 0.15) is 20.3 Å². The van der Waals surface area contributed by atoms with Crippen LogP contribution in [-0.2, 0) is 0 Å². The number of thioether (sulfide) groups is 1. The first-order chi connectivity index (χ1) is 7.76. The van der Waals surface area contributed by atoms with Crippen LogP contribution in [0.2, 0.25) is 0 Å². The summed E-state index contributed by atoms with van der Waals surface area (Å²) in [7, 11) is 1.82. The molecule has 0 aliphatic carbocycles. The molecule has 1 aromatic rings. The zero-order chi connectivity index (χ0) is 11.8. The van der Waals surface area contributed by atoms with Gasteiger partial charge < -0.3 is 10.6 Å². The van der Waals surface area contributed by atoms with E-state index in [4.69, 9.17) is 0 Å². The van der Waals surface area contributed by atoms with Crippen LogP contribution in [0, 0.1) is 0 Å². The summed E-state index contributed by atoms with van der Waals surface area (Å²) in [6.07, 6.45) is 2.91. The molecule has 0 bridgehead atoms. The molecule has 0 saturated heterocycles. The van der Waals surface area contributed by atoms with E-state index in [0.29, 0.717) is 12.0 Å². The lowest BCUT2D eigenvalue weighted by molar-refractivity contribution is 0.766. The van der Waals surface area contributed by atoms with E-state index < -0.39 is 0 Å². The third kappa shape index (κ3) is 4.70. The number of aromatic nitrogens is 2. The van der Waals surface area contributed by atoms with Gasteiger partial charge in [0.1, 0.15) is 5.82 Å². The summed E-state index contributed by atoms with van der Waals surface area (Å²) in [6, 6.07) is 2.34. The van der Waals surface area contributed by atoms with E-state index in [-0.39, 0.29) is 0 Å². The van der Waals surface area contributed by atoms with Crippen molar-refractivity contribution in [3.05, 3.63) is 12.3 Å². The van der Waals surface area contributed by atoms with E-state index in [0.717, 1.165) is 12.2 Å². The van der Waals surface area contributed by atoms with Crippen molar-refractivity contribution in [2.24, 2.45) is 0 Å². The quantitative estimate of drug-likeness (QED) is 0.717. The molecular formula is C11H20N4S. The molecule has 0 fully saturated rings. The Kier molecular flexibility index (Phi) is 6.00. The minimum atomic E-state index is 0.443. The SMILES string of the molecule is CCSCCC(C)Nc1ccnc(NC)n1. The highest BCUT2D eigenvalue weighted by atomic mass is 32.2. The van der Waals surface area contributed by atoms with E-state index in [1.807, 2.05) is 24.9 Å². The Hall–Kier alpha value is -0.970. The average molecular weight is 240 g/mol. The molecule has 16 heavy (non-hydrogen) atoms. The third-order valence-electron chi connectivity index (χ3n) is 2.17. The number of hydrogen-bond donors (Lipinski definition) is 2. The fourth-order valence-electron chi connectivity index (χ4n) is 1.29. The first kappa shape index (κ1) is 13.1. The Morgan fingerprint density at radius 2 is 2.31 bits per heavy atom. The second-order valence-electron chi connectivity index (χ2n) is 3.55. The van der Waals surface area contributed by atoms with Crippen LogP contribution in [0.15, 0.2) is 12.3 Å². The zero-order valence-corrected chi connectivity index (χ0v) is 11.0. The van der Waals surface area contributed by atoms with Crippen LogP contribution in [0.25, 0.3) is 0 Å². The van der Waals surface area contributed by atoms with Crippen molar-refractivity contribution >= 4 is 23.5 Å². The van der Waals surface area contributed by atoms with Gasteiger partial charge in [-0.3, -0.25) is 0 Å². The number of rotatable bonds is 7. The largest absolute Gasteiger partial charge is 0.367 e. The second kappa shape index (κ2) is 7.33. The van der Waals surface area contributed by atoms with Crippen molar-refractivity contribution in [2.45, 2.75) is 26.3 Å². The molecule has 4 nitrogen and oxygen atoms in total. The van der Waals surface area contributed by atoms with E-state index in [1.165, 1.54) is 11.5 Å². The van der Waals surface area contributed by atoms with Crippen LogP contribution < -0.4 is 10.6 Å². The van der Waals surface area contributed by atoms with Crippen molar-refractivity contribution < 1.29 is 0 Å². The Morgan fingerprint density at radius 1 is 1.50 bits per heavy atom. The lowest BCUT2D eigenvalue weighted by Crippen LogP contribution is -2.17. The molecule has 1 aromatic heterocycles. The molecule has 1 unspecified atom stereocenters. The van der Waals surface area contributed by atoms with Gasteiger partial charge in [0, 0.05) is 19.3 Å². The first-order valence-corrected chi connectivity index (χ1v) is 6.76. The molecule has 2 N–H and O–H groups in total. The summed E-state index contributed by atoms with van der Waals surface area (Å²) in [5.74, 6) is 3.91. The highest BCUT2D eigenvalue weighted by Crippen LogP contribution is 2.10. The van der Waals surface area contributed by atoms with E-state index >= 15 is 0 Å². The van der Waals surface area contributed by atoms with Gasteiger partial charge in [0.15, 0.2) is 0 Å². The molecule has 0 aliphatic heterocycles.